The van der Waals surface area contributed by atoms with Crippen molar-refractivity contribution in [3.05, 3.63) is 23.8 Å². The molecular formula is C12H17NO3. The minimum Gasteiger partial charge on any atom is -0.493 e. The highest BCUT2D eigenvalue weighted by Crippen LogP contribution is 2.30. The smallest absolute Gasteiger partial charge is 0.255 e. The molecule has 1 rings (SSSR count). The molecule has 2 N–H and O–H groups in total. The van der Waals surface area contributed by atoms with Crippen LogP contribution in [-0.2, 0) is 4.79 Å². The van der Waals surface area contributed by atoms with Crippen LogP contribution in [-0.4, -0.2) is 19.6 Å². The number of hydrogen-bond acceptors (Lipinski definition) is 3. The molecule has 0 radical (unpaired) electrons. The SMILES string of the molecule is COc1cc(C(C)C)ccc1OCC(N)=O. The number of nitrogens with two attached hydrogens (primary N) is 1. The van der Waals surface area contributed by atoms with E-state index in [0.29, 0.717) is 17.4 Å². The fourth-order valence-corrected chi connectivity index (χ4v) is 1.31. The summed E-state index contributed by atoms with van der Waals surface area (Å²) in [5, 5.41) is 0. The second kappa shape index (κ2) is 5.39. The van der Waals surface area contributed by atoms with E-state index in [2.05, 4.69) is 13.8 Å². The molecule has 4 nitrogen and oxygen atoms in total. The molecule has 0 aliphatic rings. The monoisotopic (exact) mass is 223 g/mol. The molecule has 0 aliphatic carbocycles. The van der Waals surface area contributed by atoms with Gasteiger partial charge in [0.1, 0.15) is 0 Å². The number of amides is 1. The molecule has 0 spiro atoms. The molecule has 0 saturated heterocycles. The van der Waals surface area contributed by atoms with Crippen molar-refractivity contribution < 1.29 is 14.3 Å². The number of benzene rings is 1. The Bertz CT molecular complexity index is 375. The van der Waals surface area contributed by atoms with E-state index in [0.717, 1.165) is 5.56 Å². The predicted molar refractivity (Wildman–Crippen MR) is 61.8 cm³/mol. The van der Waals surface area contributed by atoms with Crippen molar-refractivity contribution in [2.75, 3.05) is 13.7 Å². The first-order valence-corrected chi connectivity index (χ1v) is 5.13. The van der Waals surface area contributed by atoms with Crippen LogP contribution < -0.4 is 15.2 Å². The van der Waals surface area contributed by atoms with E-state index in [1.807, 2.05) is 12.1 Å². The number of rotatable bonds is 5. The normalized spacial score (nSPS) is 10.2. The van der Waals surface area contributed by atoms with Crippen molar-refractivity contribution in [2.45, 2.75) is 19.8 Å². The van der Waals surface area contributed by atoms with Gasteiger partial charge in [-0.05, 0) is 23.6 Å². The average Bonchev–Trinajstić information content (AvgIpc) is 2.25. The van der Waals surface area contributed by atoms with E-state index < -0.39 is 5.91 Å². The van der Waals surface area contributed by atoms with Gasteiger partial charge in [-0.25, -0.2) is 0 Å². The summed E-state index contributed by atoms with van der Waals surface area (Å²) in [5.41, 5.74) is 6.16. The summed E-state index contributed by atoms with van der Waals surface area (Å²) in [7, 11) is 1.57. The van der Waals surface area contributed by atoms with Crippen LogP contribution in [0.15, 0.2) is 18.2 Å². The van der Waals surface area contributed by atoms with Gasteiger partial charge < -0.3 is 15.2 Å². The van der Waals surface area contributed by atoms with Gasteiger partial charge in [0.25, 0.3) is 5.91 Å². The summed E-state index contributed by atoms with van der Waals surface area (Å²) < 4.78 is 10.4. The number of hydrogen-bond donors (Lipinski definition) is 1. The Kier molecular flexibility index (Phi) is 4.17. The van der Waals surface area contributed by atoms with Gasteiger partial charge in [0.05, 0.1) is 7.11 Å². The molecular weight excluding hydrogens is 206 g/mol. The zero-order valence-electron chi connectivity index (χ0n) is 9.82. The highest BCUT2D eigenvalue weighted by Gasteiger charge is 2.08. The standard InChI is InChI=1S/C12H17NO3/c1-8(2)9-4-5-10(11(6-9)15-3)16-7-12(13)14/h4-6,8H,7H2,1-3H3,(H2,13,14). The van der Waals surface area contributed by atoms with Crippen LogP contribution in [0, 0.1) is 0 Å². The molecule has 88 valence electrons. The first-order valence-electron chi connectivity index (χ1n) is 5.13. The molecule has 1 aromatic rings. The molecule has 0 aliphatic heterocycles. The van der Waals surface area contributed by atoms with Crippen LogP contribution in [0.1, 0.15) is 25.3 Å². The fourth-order valence-electron chi connectivity index (χ4n) is 1.31. The molecule has 4 heteroatoms. The van der Waals surface area contributed by atoms with Crippen molar-refractivity contribution in [1.82, 2.24) is 0 Å². The third-order valence-electron chi connectivity index (χ3n) is 2.22. The maximum Gasteiger partial charge on any atom is 0.255 e. The quantitative estimate of drug-likeness (QED) is 0.826. The number of carbonyl (C=O) groups excluding carboxylic acids is 1. The van der Waals surface area contributed by atoms with Crippen molar-refractivity contribution in [3.63, 3.8) is 0 Å². The van der Waals surface area contributed by atoms with Gasteiger partial charge in [-0.1, -0.05) is 19.9 Å². The Morgan fingerprint density at radius 1 is 1.38 bits per heavy atom. The fraction of sp³-hybridized carbons (Fsp3) is 0.417. The zero-order chi connectivity index (χ0) is 12.1. The van der Waals surface area contributed by atoms with Gasteiger partial charge in [0.2, 0.25) is 0 Å². The lowest BCUT2D eigenvalue weighted by molar-refractivity contribution is -0.119. The Labute approximate surface area is 95.3 Å². The molecule has 0 atom stereocenters. The van der Waals surface area contributed by atoms with Crippen LogP contribution in [0.2, 0.25) is 0 Å². The van der Waals surface area contributed by atoms with Gasteiger partial charge in [-0.15, -0.1) is 0 Å². The molecule has 0 fully saturated rings. The highest BCUT2D eigenvalue weighted by atomic mass is 16.5. The van der Waals surface area contributed by atoms with Crippen LogP contribution in [0.25, 0.3) is 0 Å². The lowest BCUT2D eigenvalue weighted by Gasteiger charge is -2.12. The van der Waals surface area contributed by atoms with Crippen LogP contribution in [0.4, 0.5) is 0 Å². The average molecular weight is 223 g/mol. The van der Waals surface area contributed by atoms with Crippen LogP contribution in [0.5, 0.6) is 11.5 Å². The Morgan fingerprint density at radius 2 is 2.06 bits per heavy atom. The van der Waals surface area contributed by atoms with Crippen LogP contribution in [0.3, 0.4) is 0 Å². The first kappa shape index (κ1) is 12.4. The number of methoxy groups -OCH3 is 1. The molecule has 0 unspecified atom stereocenters. The molecule has 0 heterocycles. The minimum atomic E-state index is -0.505. The summed E-state index contributed by atoms with van der Waals surface area (Å²) in [6, 6.07) is 5.64. The lowest BCUT2D eigenvalue weighted by atomic mass is 10.0. The van der Waals surface area contributed by atoms with E-state index in [1.165, 1.54) is 0 Å². The highest BCUT2D eigenvalue weighted by molar-refractivity contribution is 5.75. The summed E-state index contributed by atoms with van der Waals surface area (Å²) >= 11 is 0. The lowest BCUT2D eigenvalue weighted by Crippen LogP contribution is -2.20. The van der Waals surface area contributed by atoms with Crippen molar-refractivity contribution in [2.24, 2.45) is 5.73 Å². The van der Waals surface area contributed by atoms with Crippen molar-refractivity contribution in [3.8, 4) is 11.5 Å². The van der Waals surface area contributed by atoms with Gasteiger partial charge in [0.15, 0.2) is 18.1 Å². The van der Waals surface area contributed by atoms with Gasteiger partial charge in [-0.2, -0.15) is 0 Å². The maximum absolute atomic E-state index is 10.6. The largest absolute Gasteiger partial charge is 0.493 e. The van der Waals surface area contributed by atoms with E-state index in [1.54, 1.807) is 13.2 Å². The van der Waals surface area contributed by atoms with E-state index in [9.17, 15) is 4.79 Å². The predicted octanol–water partition coefficient (Wildman–Crippen LogP) is 1.68. The van der Waals surface area contributed by atoms with Crippen LogP contribution >= 0.6 is 0 Å². The molecule has 0 saturated carbocycles. The minimum absolute atomic E-state index is 0.141. The van der Waals surface area contributed by atoms with Gasteiger partial charge in [-0.3, -0.25) is 4.79 Å². The van der Waals surface area contributed by atoms with Gasteiger partial charge >= 0.3 is 0 Å². The maximum atomic E-state index is 10.6. The summed E-state index contributed by atoms with van der Waals surface area (Å²) in [6.07, 6.45) is 0. The third-order valence-corrected chi connectivity index (χ3v) is 2.22. The van der Waals surface area contributed by atoms with Gasteiger partial charge in [0, 0.05) is 0 Å². The number of carbonyl (C=O) groups is 1. The first-order chi connectivity index (χ1) is 7.54. The summed E-state index contributed by atoms with van der Waals surface area (Å²) in [5.74, 6) is 1.06. The Hall–Kier alpha value is -1.71. The molecule has 0 bridgehead atoms. The van der Waals surface area contributed by atoms with E-state index >= 15 is 0 Å². The van der Waals surface area contributed by atoms with Crippen molar-refractivity contribution in [1.29, 1.82) is 0 Å². The third kappa shape index (κ3) is 3.15. The molecule has 1 amide bonds. The second-order valence-corrected chi connectivity index (χ2v) is 3.82. The number of ether oxygens (including phenoxy) is 2. The van der Waals surface area contributed by atoms with E-state index in [-0.39, 0.29) is 6.61 Å². The van der Waals surface area contributed by atoms with E-state index in [4.69, 9.17) is 15.2 Å². The topological polar surface area (TPSA) is 61.6 Å². The molecule has 1 aromatic carbocycles. The Morgan fingerprint density at radius 3 is 2.56 bits per heavy atom. The van der Waals surface area contributed by atoms with Crippen molar-refractivity contribution >= 4 is 5.91 Å². The molecule has 16 heavy (non-hydrogen) atoms. The summed E-state index contributed by atoms with van der Waals surface area (Å²) in [4.78, 5) is 10.6. The Balaban J connectivity index is 2.88. The second-order valence-electron chi connectivity index (χ2n) is 3.82. The zero-order valence-corrected chi connectivity index (χ0v) is 9.82. The summed E-state index contributed by atoms with van der Waals surface area (Å²) in [6.45, 7) is 4.05. The number of primary amides is 1. The molecule has 0 aromatic heterocycles.